The van der Waals surface area contributed by atoms with Crippen LogP contribution in [0.1, 0.15) is 26.2 Å². The summed E-state index contributed by atoms with van der Waals surface area (Å²) >= 11 is 0. The van der Waals surface area contributed by atoms with Crippen molar-refractivity contribution in [1.82, 2.24) is 0 Å². The molecule has 1 heterocycles. The highest BCUT2D eigenvalue weighted by Gasteiger charge is 2.39. The molecule has 0 saturated carbocycles. The van der Waals surface area contributed by atoms with Gasteiger partial charge in [-0.2, -0.15) is 0 Å². The number of hydrogen-bond donors (Lipinski definition) is 0. The average Bonchev–Trinajstić information content (AvgIpc) is 2.63. The Balaban J connectivity index is 2.64. The molecule has 1 aliphatic rings. The predicted molar refractivity (Wildman–Crippen MR) is 49.1 cm³/mol. The van der Waals surface area contributed by atoms with Crippen LogP contribution in [0.2, 0.25) is 0 Å². The van der Waals surface area contributed by atoms with Crippen LogP contribution in [0.3, 0.4) is 0 Å². The van der Waals surface area contributed by atoms with Gasteiger partial charge in [-0.15, -0.1) is 0 Å². The largest absolute Gasteiger partial charge is 0.500 e. The minimum absolute atomic E-state index is 0.185. The third kappa shape index (κ3) is 2.02. The first-order valence-corrected chi connectivity index (χ1v) is 4.63. The molecule has 3 heteroatoms. The summed E-state index contributed by atoms with van der Waals surface area (Å²) < 4.78 is 9.86. The lowest BCUT2D eigenvalue weighted by Crippen LogP contribution is -2.32. The minimum atomic E-state index is -0.509. The Morgan fingerprint density at radius 1 is 1.69 bits per heavy atom. The van der Waals surface area contributed by atoms with Crippen molar-refractivity contribution in [2.45, 2.75) is 26.2 Å². The smallest absolute Gasteiger partial charge is 0.319 e. The van der Waals surface area contributed by atoms with Crippen LogP contribution in [0.15, 0.2) is 12.3 Å². The van der Waals surface area contributed by atoms with Gasteiger partial charge in [0.25, 0.3) is 0 Å². The fourth-order valence-corrected chi connectivity index (χ4v) is 1.50. The highest BCUT2D eigenvalue weighted by Crippen LogP contribution is 2.32. The third-order valence-electron chi connectivity index (χ3n) is 2.39. The molecule has 0 radical (unpaired) electrons. The second kappa shape index (κ2) is 4.30. The van der Waals surface area contributed by atoms with Gasteiger partial charge in [-0.3, -0.25) is 4.79 Å². The maximum atomic E-state index is 11.5. The summed E-state index contributed by atoms with van der Waals surface area (Å²) in [6, 6.07) is 0. The molecule has 1 unspecified atom stereocenters. The molecule has 0 aromatic rings. The second-order valence-electron chi connectivity index (χ2n) is 3.37. The molecule has 0 aromatic heterocycles. The topological polar surface area (TPSA) is 35.5 Å². The molecule has 0 aliphatic carbocycles. The number of methoxy groups -OCH3 is 1. The fraction of sp³-hybridized carbons (Fsp3) is 0.700. The van der Waals surface area contributed by atoms with Crippen LogP contribution >= 0.6 is 0 Å². The van der Waals surface area contributed by atoms with Crippen molar-refractivity contribution in [1.29, 1.82) is 0 Å². The monoisotopic (exact) mass is 184 g/mol. The van der Waals surface area contributed by atoms with Gasteiger partial charge in [-0.1, -0.05) is 19.8 Å². The Morgan fingerprint density at radius 2 is 2.46 bits per heavy atom. The Kier molecular flexibility index (Phi) is 3.34. The summed E-state index contributed by atoms with van der Waals surface area (Å²) in [6.45, 7) is 2.53. The Labute approximate surface area is 78.7 Å². The van der Waals surface area contributed by atoms with Crippen molar-refractivity contribution in [3.63, 3.8) is 0 Å². The second-order valence-corrected chi connectivity index (χ2v) is 3.37. The van der Waals surface area contributed by atoms with E-state index < -0.39 is 5.41 Å². The van der Waals surface area contributed by atoms with Gasteiger partial charge in [0.1, 0.15) is 12.0 Å². The lowest BCUT2D eigenvalue weighted by molar-refractivity contribution is -0.151. The van der Waals surface area contributed by atoms with E-state index in [0.29, 0.717) is 6.61 Å². The number of carbonyl (C=O) groups is 1. The molecule has 0 fully saturated rings. The van der Waals surface area contributed by atoms with Gasteiger partial charge in [0.15, 0.2) is 0 Å². The first kappa shape index (κ1) is 10.1. The molecule has 0 saturated heterocycles. The zero-order valence-electron chi connectivity index (χ0n) is 8.21. The maximum absolute atomic E-state index is 11.5. The highest BCUT2D eigenvalue weighted by molar-refractivity contribution is 5.79. The van der Waals surface area contributed by atoms with Crippen LogP contribution in [0.25, 0.3) is 0 Å². The van der Waals surface area contributed by atoms with Crippen LogP contribution < -0.4 is 0 Å². The molecular formula is C10H16O3. The third-order valence-corrected chi connectivity index (χ3v) is 2.39. The van der Waals surface area contributed by atoms with E-state index in [2.05, 4.69) is 6.92 Å². The molecule has 0 spiro atoms. The van der Waals surface area contributed by atoms with Gasteiger partial charge < -0.3 is 9.47 Å². The van der Waals surface area contributed by atoms with E-state index in [1.807, 2.05) is 6.08 Å². The quantitative estimate of drug-likeness (QED) is 0.626. The number of unbranched alkanes of at least 4 members (excludes halogenated alkanes) is 1. The van der Waals surface area contributed by atoms with Crippen LogP contribution in [-0.4, -0.2) is 19.7 Å². The van der Waals surface area contributed by atoms with Gasteiger partial charge >= 0.3 is 5.97 Å². The van der Waals surface area contributed by atoms with E-state index in [4.69, 9.17) is 9.47 Å². The van der Waals surface area contributed by atoms with Gasteiger partial charge in [0.2, 0.25) is 0 Å². The molecule has 0 N–H and O–H groups in total. The van der Waals surface area contributed by atoms with Crippen molar-refractivity contribution in [3.8, 4) is 0 Å². The lowest BCUT2D eigenvalue weighted by atomic mass is 9.84. The van der Waals surface area contributed by atoms with E-state index in [9.17, 15) is 4.79 Å². The van der Waals surface area contributed by atoms with E-state index in [-0.39, 0.29) is 5.97 Å². The molecule has 1 atom stereocenters. The van der Waals surface area contributed by atoms with Crippen LogP contribution in [0.4, 0.5) is 0 Å². The standard InChI is InChI=1S/C10H16O3/c1-3-4-5-10(9(11)12-2)6-7-13-8-10/h6-7H,3-5,8H2,1-2H3. The first-order chi connectivity index (χ1) is 6.25. The van der Waals surface area contributed by atoms with Gasteiger partial charge in [-0.05, 0) is 12.5 Å². The normalized spacial score (nSPS) is 25.7. The molecule has 1 rings (SSSR count). The minimum Gasteiger partial charge on any atom is -0.500 e. The van der Waals surface area contributed by atoms with Crippen molar-refractivity contribution in [2.24, 2.45) is 5.41 Å². The summed E-state index contributed by atoms with van der Waals surface area (Å²) in [5.74, 6) is -0.185. The first-order valence-electron chi connectivity index (χ1n) is 4.63. The Morgan fingerprint density at radius 3 is 2.92 bits per heavy atom. The number of hydrogen-bond acceptors (Lipinski definition) is 3. The molecule has 3 nitrogen and oxygen atoms in total. The summed E-state index contributed by atoms with van der Waals surface area (Å²) in [6.07, 6.45) is 6.31. The van der Waals surface area contributed by atoms with E-state index in [1.54, 1.807) is 6.26 Å². The molecule has 74 valence electrons. The van der Waals surface area contributed by atoms with Crippen LogP contribution in [0.5, 0.6) is 0 Å². The Bertz CT molecular complexity index is 210. The van der Waals surface area contributed by atoms with E-state index >= 15 is 0 Å². The van der Waals surface area contributed by atoms with Crippen molar-refractivity contribution in [3.05, 3.63) is 12.3 Å². The number of ether oxygens (including phenoxy) is 2. The zero-order valence-corrected chi connectivity index (χ0v) is 8.21. The molecule has 13 heavy (non-hydrogen) atoms. The zero-order chi connectivity index (χ0) is 9.73. The van der Waals surface area contributed by atoms with Crippen molar-refractivity contribution in [2.75, 3.05) is 13.7 Å². The predicted octanol–water partition coefficient (Wildman–Crippen LogP) is 1.88. The number of carbonyl (C=O) groups excluding carboxylic acids is 1. The number of esters is 1. The summed E-state index contributed by atoms with van der Waals surface area (Å²) in [5, 5.41) is 0. The summed E-state index contributed by atoms with van der Waals surface area (Å²) in [5.41, 5.74) is -0.509. The molecule has 1 aliphatic heterocycles. The average molecular weight is 184 g/mol. The molecule has 0 bridgehead atoms. The lowest BCUT2D eigenvalue weighted by Gasteiger charge is -2.21. The molecule has 0 amide bonds. The van der Waals surface area contributed by atoms with Gasteiger partial charge in [-0.25, -0.2) is 0 Å². The van der Waals surface area contributed by atoms with Gasteiger partial charge in [0.05, 0.1) is 13.4 Å². The Hall–Kier alpha value is -0.990. The van der Waals surface area contributed by atoms with Gasteiger partial charge in [0, 0.05) is 0 Å². The highest BCUT2D eigenvalue weighted by atomic mass is 16.5. The summed E-state index contributed by atoms with van der Waals surface area (Å²) in [7, 11) is 1.42. The van der Waals surface area contributed by atoms with Crippen molar-refractivity contribution >= 4 is 5.97 Å². The SMILES string of the molecule is CCCCC1(C(=O)OC)C=COC1. The van der Waals surface area contributed by atoms with Crippen molar-refractivity contribution < 1.29 is 14.3 Å². The maximum Gasteiger partial charge on any atom is 0.319 e. The fourth-order valence-electron chi connectivity index (χ4n) is 1.50. The van der Waals surface area contributed by atoms with E-state index in [0.717, 1.165) is 19.3 Å². The summed E-state index contributed by atoms with van der Waals surface area (Å²) in [4.78, 5) is 11.5. The van der Waals surface area contributed by atoms with Crippen LogP contribution in [-0.2, 0) is 14.3 Å². The molecular weight excluding hydrogens is 168 g/mol. The number of rotatable bonds is 4. The van der Waals surface area contributed by atoms with Crippen LogP contribution in [0, 0.1) is 5.41 Å². The van der Waals surface area contributed by atoms with E-state index in [1.165, 1.54) is 7.11 Å². The molecule has 0 aromatic carbocycles.